The molecule has 0 spiro atoms. The molecule has 0 aliphatic carbocycles. The fourth-order valence-corrected chi connectivity index (χ4v) is 3.36. The average molecular weight is 372 g/mol. The first-order valence-electron chi connectivity index (χ1n) is 6.28. The number of nitrogens with one attached hydrogen (secondary N) is 1. The van der Waals surface area contributed by atoms with Crippen molar-refractivity contribution in [2.45, 2.75) is 6.92 Å². The molecule has 3 rings (SSSR count). The lowest BCUT2D eigenvalue weighted by Crippen LogP contribution is -2.11. The van der Waals surface area contributed by atoms with Crippen molar-refractivity contribution in [3.63, 3.8) is 0 Å². The number of carbonyl (C=O) groups is 1. The van der Waals surface area contributed by atoms with Crippen molar-refractivity contribution >= 4 is 67.4 Å². The van der Waals surface area contributed by atoms with Crippen molar-refractivity contribution in [3.8, 4) is 0 Å². The molecule has 1 aromatic heterocycles. The Morgan fingerprint density at radius 2 is 1.91 bits per heavy atom. The summed E-state index contributed by atoms with van der Waals surface area (Å²) in [5.74, 6) is -0.275. The predicted molar refractivity (Wildman–Crippen MR) is 93.8 cm³/mol. The molecule has 0 radical (unpaired) electrons. The molecule has 1 N–H and O–H groups in total. The summed E-state index contributed by atoms with van der Waals surface area (Å²) in [5, 5.41) is 4.57. The molecule has 3 nitrogen and oxygen atoms in total. The third kappa shape index (κ3) is 2.92. The number of rotatable bonds is 2. The largest absolute Gasteiger partial charge is 0.298 e. The van der Waals surface area contributed by atoms with Gasteiger partial charge in [-0.05, 0) is 36.8 Å². The Kier molecular flexibility index (Phi) is 4.28. The van der Waals surface area contributed by atoms with Gasteiger partial charge < -0.3 is 0 Å². The lowest BCUT2D eigenvalue weighted by Gasteiger charge is -2.03. The molecule has 0 bridgehead atoms. The Balaban J connectivity index is 1.90. The summed E-state index contributed by atoms with van der Waals surface area (Å²) < 4.78 is 0.853. The molecule has 3 aromatic rings. The number of nitrogens with zero attached hydrogens (tertiary/aromatic N) is 1. The van der Waals surface area contributed by atoms with Gasteiger partial charge in [0.2, 0.25) is 0 Å². The molecule has 0 fully saturated rings. The first-order valence-corrected chi connectivity index (χ1v) is 8.23. The molecule has 0 aliphatic rings. The monoisotopic (exact) mass is 370 g/mol. The van der Waals surface area contributed by atoms with Crippen LogP contribution in [0.4, 0.5) is 5.13 Å². The summed E-state index contributed by atoms with van der Waals surface area (Å²) in [4.78, 5) is 16.6. The van der Waals surface area contributed by atoms with Gasteiger partial charge in [-0.1, -0.05) is 52.2 Å². The highest BCUT2D eigenvalue weighted by Gasteiger charge is 2.13. The van der Waals surface area contributed by atoms with E-state index < -0.39 is 0 Å². The van der Waals surface area contributed by atoms with Gasteiger partial charge in [0.25, 0.3) is 5.91 Å². The van der Waals surface area contributed by atoms with Crippen LogP contribution in [0.5, 0.6) is 0 Å². The lowest BCUT2D eigenvalue weighted by atomic mass is 10.1. The smallest absolute Gasteiger partial charge is 0.257 e. The third-order valence-corrected chi connectivity index (χ3v) is 5.24. The van der Waals surface area contributed by atoms with E-state index in [-0.39, 0.29) is 5.91 Å². The summed E-state index contributed by atoms with van der Waals surface area (Å²) in [7, 11) is 0. The summed E-state index contributed by atoms with van der Waals surface area (Å²) >= 11 is 19.4. The van der Waals surface area contributed by atoms with Crippen LogP contribution in [0.3, 0.4) is 0 Å². The van der Waals surface area contributed by atoms with Crippen molar-refractivity contribution in [1.29, 1.82) is 0 Å². The predicted octanol–water partition coefficient (Wildman–Crippen LogP) is 5.82. The summed E-state index contributed by atoms with van der Waals surface area (Å²) in [6, 6.07) is 8.67. The van der Waals surface area contributed by atoms with E-state index >= 15 is 0 Å². The molecule has 1 amide bonds. The number of hydrogen-bond acceptors (Lipinski definition) is 3. The maximum Gasteiger partial charge on any atom is 0.257 e. The SMILES string of the molecule is Cc1ccc(C(=O)Nc2nc3c(Cl)c(Cl)ccc3s2)cc1Cl. The molecule has 2 aromatic carbocycles. The minimum Gasteiger partial charge on any atom is -0.298 e. The fraction of sp³-hybridized carbons (Fsp3) is 0.0667. The first kappa shape index (κ1) is 15.6. The molecule has 7 heteroatoms. The Hall–Kier alpha value is -1.33. The number of thiazole rings is 1. The van der Waals surface area contributed by atoms with Crippen LogP contribution in [-0.4, -0.2) is 10.9 Å². The highest BCUT2D eigenvalue weighted by molar-refractivity contribution is 7.22. The van der Waals surface area contributed by atoms with Gasteiger partial charge >= 0.3 is 0 Å². The number of aryl methyl sites for hydroxylation is 1. The fourth-order valence-electron chi connectivity index (χ4n) is 1.89. The highest BCUT2D eigenvalue weighted by Crippen LogP contribution is 2.35. The zero-order chi connectivity index (χ0) is 15.9. The van der Waals surface area contributed by atoms with Gasteiger partial charge in [0.1, 0.15) is 5.52 Å². The number of aromatic nitrogens is 1. The van der Waals surface area contributed by atoms with Crippen LogP contribution in [0.1, 0.15) is 15.9 Å². The Bertz CT molecular complexity index is 892. The number of anilines is 1. The van der Waals surface area contributed by atoms with Crippen molar-refractivity contribution in [3.05, 3.63) is 56.5 Å². The normalized spacial score (nSPS) is 10.9. The van der Waals surface area contributed by atoms with E-state index in [0.29, 0.717) is 31.3 Å². The Morgan fingerprint density at radius 1 is 1.14 bits per heavy atom. The van der Waals surface area contributed by atoms with Gasteiger partial charge in [0.05, 0.1) is 14.7 Å². The molecule has 0 saturated carbocycles. The van der Waals surface area contributed by atoms with Gasteiger partial charge in [-0.3, -0.25) is 10.1 Å². The molecular weight excluding hydrogens is 363 g/mol. The zero-order valence-corrected chi connectivity index (χ0v) is 14.4. The number of halogens is 3. The number of amides is 1. The average Bonchev–Trinajstić information content (AvgIpc) is 2.89. The van der Waals surface area contributed by atoms with E-state index in [0.717, 1.165) is 10.3 Å². The van der Waals surface area contributed by atoms with Gasteiger partial charge in [0, 0.05) is 10.6 Å². The maximum atomic E-state index is 12.2. The van der Waals surface area contributed by atoms with E-state index in [1.807, 2.05) is 13.0 Å². The molecule has 0 saturated heterocycles. The second kappa shape index (κ2) is 6.05. The quantitative estimate of drug-likeness (QED) is 0.617. The molecule has 0 unspecified atom stereocenters. The van der Waals surface area contributed by atoms with Gasteiger partial charge in [-0.25, -0.2) is 4.98 Å². The molecule has 1 heterocycles. The van der Waals surface area contributed by atoms with Crippen LogP contribution < -0.4 is 5.32 Å². The highest BCUT2D eigenvalue weighted by atomic mass is 35.5. The van der Waals surface area contributed by atoms with Crippen LogP contribution >= 0.6 is 46.1 Å². The van der Waals surface area contributed by atoms with E-state index in [1.54, 1.807) is 24.3 Å². The van der Waals surface area contributed by atoms with Crippen molar-refractivity contribution in [2.24, 2.45) is 0 Å². The topological polar surface area (TPSA) is 42.0 Å². The first-order chi connectivity index (χ1) is 10.5. The van der Waals surface area contributed by atoms with Crippen LogP contribution in [0.25, 0.3) is 10.2 Å². The van der Waals surface area contributed by atoms with E-state index in [1.165, 1.54) is 11.3 Å². The van der Waals surface area contributed by atoms with E-state index in [4.69, 9.17) is 34.8 Å². The number of carbonyl (C=O) groups excluding carboxylic acids is 1. The Labute approximate surface area is 145 Å². The van der Waals surface area contributed by atoms with Gasteiger partial charge in [-0.2, -0.15) is 0 Å². The summed E-state index contributed by atoms with van der Waals surface area (Å²) in [6.45, 7) is 1.88. The van der Waals surface area contributed by atoms with Crippen LogP contribution in [0, 0.1) is 6.92 Å². The summed E-state index contributed by atoms with van der Waals surface area (Å²) in [6.07, 6.45) is 0. The minimum atomic E-state index is -0.275. The molecular formula is C15H9Cl3N2OS. The number of benzene rings is 2. The third-order valence-electron chi connectivity index (χ3n) is 3.11. The second-order valence-electron chi connectivity index (χ2n) is 4.65. The molecule has 0 aliphatic heterocycles. The van der Waals surface area contributed by atoms with E-state index in [9.17, 15) is 4.79 Å². The standard InChI is InChI=1S/C15H9Cl3N2OS/c1-7-2-3-8(6-10(7)17)14(21)20-15-19-13-11(22-15)5-4-9(16)12(13)18/h2-6H,1H3,(H,19,20,21). The second-order valence-corrected chi connectivity index (χ2v) is 6.87. The van der Waals surface area contributed by atoms with Gasteiger partial charge in [0.15, 0.2) is 5.13 Å². The molecule has 0 atom stereocenters. The maximum absolute atomic E-state index is 12.2. The molecule has 112 valence electrons. The minimum absolute atomic E-state index is 0.275. The zero-order valence-electron chi connectivity index (χ0n) is 11.3. The lowest BCUT2D eigenvalue weighted by molar-refractivity contribution is 0.102. The van der Waals surface area contributed by atoms with Crippen molar-refractivity contribution < 1.29 is 4.79 Å². The van der Waals surface area contributed by atoms with Crippen LogP contribution in [0.2, 0.25) is 15.1 Å². The van der Waals surface area contributed by atoms with Crippen molar-refractivity contribution in [2.75, 3.05) is 5.32 Å². The van der Waals surface area contributed by atoms with Crippen LogP contribution in [0.15, 0.2) is 30.3 Å². The number of fused-ring (bicyclic) bond motifs is 1. The summed E-state index contributed by atoms with van der Waals surface area (Å²) in [5.41, 5.74) is 1.97. The van der Waals surface area contributed by atoms with Crippen LogP contribution in [-0.2, 0) is 0 Å². The molecule has 22 heavy (non-hydrogen) atoms. The Morgan fingerprint density at radius 3 is 2.64 bits per heavy atom. The van der Waals surface area contributed by atoms with E-state index in [2.05, 4.69) is 10.3 Å². The number of hydrogen-bond donors (Lipinski definition) is 1. The van der Waals surface area contributed by atoms with Crippen molar-refractivity contribution in [1.82, 2.24) is 4.98 Å². The van der Waals surface area contributed by atoms with Gasteiger partial charge in [-0.15, -0.1) is 0 Å².